The SMILES string of the molecule is CCCCCOc1ccc(-c2ccc(-c3ccc(CCCC)cc3)nn2)cc1. The monoisotopic (exact) mass is 374 g/mol. The van der Waals surface area contributed by atoms with Crippen LogP contribution in [0.4, 0.5) is 0 Å². The van der Waals surface area contributed by atoms with Crippen molar-refractivity contribution in [2.45, 2.75) is 52.4 Å². The summed E-state index contributed by atoms with van der Waals surface area (Å²) in [5.74, 6) is 0.910. The van der Waals surface area contributed by atoms with E-state index in [-0.39, 0.29) is 0 Å². The number of ether oxygens (including phenoxy) is 1. The number of hydrogen-bond acceptors (Lipinski definition) is 3. The Morgan fingerprint density at radius 2 is 1.21 bits per heavy atom. The normalized spacial score (nSPS) is 10.8. The van der Waals surface area contributed by atoms with Crippen LogP contribution in [0.25, 0.3) is 22.5 Å². The molecule has 3 aromatic rings. The van der Waals surface area contributed by atoms with Crippen LogP contribution in [0.1, 0.15) is 51.5 Å². The van der Waals surface area contributed by atoms with Crippen molar-refractivity contribution in [1.82, 2.24) is 10.2 Å². The van der Waals surface area contributed by atoms with Gasteiger partial charge in [0.2, 0.25) is 0 Å². The second-order valence-electron chi connectivity index (χ2n) is 7.18. The van der Waals surface area contributed by atoms with Crippen LogP contribution in [0.5, 0.6) is 5.75 Å². The summed E-state index contributed by atoms with van der Waals surface area (Å²) in [5.41, 5.74) is 5.32. The molecule has 0 unspecified atom stereocenters. The summed E-state index contributed by atoms with van der Waals surface area (Å²) < 4.78 is 5.77. The van der Waals surface area contributed by atoms with Crippen molar-refractivity contribution in [2.75, 3.05) is 6.61 Å². The Morgan fingerprint density at radius 1 is 0.643 bits per heavy atom. The number of nitrogens with zero attached hydrogens (tertiary/aromatic N) is 2. The van der Waals surface area contributed by atoms with Crippen LogP contribution < -0.4 is 4.74 Å². The van der Waals surface area contributed by atoms with E-state index in [9.17, 15) is 0 Å². The van der Waals surface area contributed by atoms with E-state index in [0.29, 0.717) is 0 Å². The molecule has 0 radical (unpaired) electrons. The maximum absolute atomic E-state index is 5.77. The van der Waals surface area contributed by atoms with Crippen LogP contribution in [0.3, 0.4) is 0 Å². The number of hydrogen-bond donors (Lipinski definition) is 0. The van der Waals surface area contributed by atoms with E-state index in [0.717, 1.165) is 47.7 Å². The van der Waals surface area contributed by atoms with Gasteiger partial charge in [-0.15, -0.1) is 10.2 Å². The highest BCUT2D eigenvalue weighted by Crippen LogP contribution is 2.23. The highest BCUT2D eigenvalue weighted by molar-refractivity contribution is 5.64. The number of benzene rings is 2. The molecule has 0 amide bonds. The van der Waals surface area contributed by atoms with Gasteiger partial charge >= 0.3 is 0 Å². The first-order valence-electron chi connectivity index (χ1n) is 10.5. The molecule has 2 aromatic carbocycles. The highest BCUT2D eigenvalue weighted by atomic mass is 16.5. The predicted molar refractivity (Wildman–Crippen MR) is 117 cm³/mol. The molecule has 0 saturated carbocycles. The van der Waals surface area contributed by atoms with E-state index in [2.05, 4.69) is 48.3 Å². The van der Waals surface area contributed by atoms with Gasteiger partial charge in [0.25, 0.3) is 0 Å². The molecule has 0 N–H and O–H groups in total. The fourth-order valence-corrected chi connectivity index (χ4v) is 3.13. The van der Waals surface area contributed by atoms with Crippen LogP contribution in [0, 0.1) is 0 Å². The van der Waals surface area contributed by atoms with E-state index in [4.69, 9.17) is 4.74 Å². The third-order valence-electron chi connectivity index (χ3n) is 4.90. The fourth-order valence-electron chi connectivity index (χ4n) is 3.13. The van der Waals surface area contributed by atoms with Gasteiger partial charge in [-0.25, -0.2) is 0 Å². The first kappa shape index (κ1) is 20.1. The molecule has 0 aliphatic rings. The number of unbranched alkanes of at least 4 members (excludes halogenated alkanes) is 3. The molecule has 0 bridgehead atoms. The molecule has 0 saturated heterocycles. The first-order chi connectivity index (χ1) is 13.8. The Morgan fingerprint density at radius 3 is 1.75 bits per heavy atom. The Hall–Kier alpha value is -2.68. The molecule has 28 heavy (non-hydrogen) atoms. The third kappa shape index (κ3) is 5.66. The summed E-state index contributed by atoms with van der Waals surface area (Å²) in [4.78, 5) is 0. The van der Waals surface area contributed by atoms with Crippen molar-refractivity contribution < 1.29 is 4.74 Å². The zero-order valence-electron chi connectivity index (χ0n) is 17.0. The van der Waals surface area contributed by atoms with Crippen molar-refractivity contribution >= 4 is 0 Å². The molecule has 0 aliphatic heterocycles. The molecule has 3 heteroatoms. The molecule has 0 spiro atoms. The van der Waals surface area contributed by atoms with Gasteiger partial charge in [0.1, 0.15) is 5.75 Å². The van der Waals surface area contributed by atoms with E-state index in [1.165, 1.54) is 31.2 Å². The molecule has 0 atom stereocenters. The van der Waals surface area contributed by atoms with Crippen LogP contribution >= 0.6 is 0 Å². The summed E-state index contributed by atoms with van der Waals surface area (Å²) in [7, 11) is 0. The van der Waals surface area contributed by atoms with Crippen molar-refractivity contribution in [3.05, 3.63) is 66.2 Å². The second kappa shape index (κ2) is 10.6. The van der Waals surface area contributed by atoms with Crippen molar-refractivity contribution in [3.63, 3.8) is 0 Å². The Kier molecular flexibility index (Phi) is 7.60. The Bertz CT molecular complexity index is 824. The predicted octanol–water partition coefficient (Wildman–Crippen LogP) is 6.72. The fraction of sp³-hybridized carbons (Fsp3) is 0.360. The Labute approximate surface area is 168 Å². The minimum atomic E-state index is 0.777. The molecule has 0 fully saturated rings. The quantitative estimate of drug-likeness (QED) is 0.369. The molecule has 3 nitrogen and oxygen atoms in total. The number of rotatable bonds is 10. The lowest BCUT2D eigenvalue weighted by Gasteiger charge is -2.07. The van der Waals surface area contributed by atoms with Crippen molar-refractivity contribution in [3.8, 4) is 28.3 Å². The minimum absolute atomic E-state index is 0.777. The van der Waals surface area contributed by atoms with Gasteiger partial charge in [0.15, 0.2) is 0 Å². The summed E-state index contributed by atoms with van der Waals surface area (Å²) in [6, 6.07) is 20.8. The number of aromatic nitrogens is 2. The van der Waals surface area contributed by atoms with Gasteiger partial charge in [0, 0.05) is 11.1 Å². The van der Waals surface area contributed by atoms with Crippen molar-refractivity contribution in [1.29, 1.82) is 0 Å². The molecule has 146 valence electrons. The lowest BCUT2D eigenvalue weighted by atomic mass is 10.0. The zero-order valence-corrected chi connectivity index (χ0v) is 17.0. The van der Waals surface area contributed by atoms with Gasteiger partial charge in [-0.05, 0) is 61.2 Å². The molecule has 0 aliphatic carbocycles. The average molecular weight is 375 g/mol. The van der Waals surface area contributed by atoms with Gasteiger partial charge < -0.3 is 4.74 Å². The first-order valence-corrected chi connectivity index (χ1v) is 10.5. The third-order valence-corrected chi connectivity index (χ3v) is 4.90. The molecular formula is C25H30N2O. The zero-order chi connectivity index (χ0) is 19.6. The van der Waals surface area contributed by atoms with E-state index in [1.807, 2.05) is 36.4 Å². The van der Waals surface area contributed by atoms with Crippen LogP contribution in [0.15, 0.2) is 60.7 Å². The van der Waals surface area contributed by atoms with Crippen LogP contribution in [-0.2, 0) is 6.42 Å². The lowest BCUT2D eigenvalue weighted by Crippen LogP contribution is -1.97. The van der Waals surface area contributed by atoms with Gasteiger partial charge in [-0.3, -0.25) is 0 Å². The molecule has 1 heterocycles. The summed E-state index contributed by atoms with van der Waals surface area (Å²) in [6.45, 7) is 5.20. The van der Waals surface area contributed by atoms with Crippen molar-refractivity contribution in [2.24, 2.45) is 0 Å². The standard InChI is InChI=1S/C25H30N2O/c1-3-5-7-19-28-23-15-13-22(14-16-23)25-18-17-24(26-27-25)21-11-9-20(10-12-21)8-6-4-2/h9-18H,3-8,19H2,1-2H3. The maximum atomic E-state index is 5.77. The second-order valence-corrected chi connectivity index (χ2v) is 7.18. The van der Waals surface area contributed by atoms with Gasteiger partial charge in [-0.2, -0.15) is 0 Å². The highest BCUT2D eigenvalue weighted by Gasteiger charge is 2.04. The van der Waals surface area contributed by atoms with Gasteiger partial charge in [0.05, 0.1) is 18.0 Å². The van der Waals surface area contributed by atoms with Crippen LogP contribution in [0.2, 0.25) is 0 Å². The topological polar surface area (TPSA) is 35.0 Å². The molecule has 1 aromatic heterocycles. The lowest BCUT2D eigenvalue weighted by molar-refractivity contribution is 0.306. The van der Waals surface area contributed by atoms with Gasteiger partial charge in [-0.1, -0.05) is 57.4 Å². The summed E-state index contributed by atoms with van der Waals surface area (Å²) in [5, 5.41) is 8.85. The molecular weight excluding hydrogens is 344 g/mol. The van der Waals surface area contributed by atoms with E-state index >= 15 is 0 Å². The Balaban J connectivity index is 1.62. The maximum Gasteiger partial charge on any atom is 0.119 e. The average Bonchev–Trinajstić information content (AvgIpc) is 2.76. The minimum Gasteiger partial charge on any atom is -0.494 e. The smallest absolute Gasteiger partial charge is 0.119 e. The summed E-state index contributed by atoms with van der Waals surface area (Å²) in [6.07, 6.45) is 7.11. The molecule has 3 rings (SSSR count). The number of aryl methyl sites for hydroxylation is 1. The van der Waals surface area contributed by atoms with E-state index in [1.54, 1.807) is 0 Å². The van der Waals surface area contributed by atoms with E-state index < -0.39 is 0 Å². The van der Waals surface area contributed by atoms with Crippen LogP contribution in [-0.4, -0.2) is 16.8 Å². The largest absolute Gasteiger partial charge is 0.494 e. The summed E-state index contributed by atoms with van der Waals surface area (Å²) >= 11 is 0.